The number of carbonyl (C=O) groups is 2. The molecule has 1 fully saturated rings. The van der Waals surface area contributed by atoms with Crippen LogP contribution in [-0.2, 0) is 16.1 Å². The molecule has 0 saturated heterocycles. The first-order valence-electron chi connectivity index (χ1n) is 7.15. The van der Waals surface area contributed by atoms with Crippen molar-refractivity contribution in [2.45, 2.75) is 39.2 Å². The van der Waals surface area contributed by atoms with Crippen LogP contribution in [0.4, 0.5) is 0 Å². The normalized spacial score (nSPS) is 22.4. The Bertz CT molecular complexity index is 450. The summed E-state index contributed by atoms with van der Waals surface area (Å²) < 4.78 is 0. The number of carboxylic acid groups (broad SMARTS) is 1. The third-order valence-corrected chi connectivity index (χ3v) is 4.91. The Morgan fingerprint density at radius 1 is 1.30 bits per heavy atom. The molecule has 1 saturated carbocycles. The van der Waals surface area contributed by atoms with E-state index < -0.39 is 5.97 Å². The Morgan fingerprint density at radius 3 is 2.45 bits per heavy atom. The van der Waals surface area contributed by atoms with Crippen molar-refractivity contribution in [1.29, 1.82) is 0 Å². The lowest BCUT2D eigenvalue weighted by molar-refractivity contribution is -0.145. The van der Waals surface area contributed by atoms with Crippen molar-refractivity contribution >= 4 is 23.2 Å². The summed E-state index contributed by atoms with van der Waals surface area (Å²) in [7, 11) is 0. The Morgan fingerprint density at radius 2 is 1.95 bits per heavy atom. The van der Waals surface area contributed by atoms with Crippen LogP contribution in [-0.4, -0.2) is 28.4 Å². The van der Waals surface area contributed by atoms with Gasteiger partial charge in [-0.25, -0.2) is 0 Å². The van der Waals surface area contributed by atoms with Crippen LogP contribution in [0.15, 0.2) is 17.5 Å². The molecule has 2 rings (SSSR count). The zero-order chi connectivity index (χ0) is 14.5. The first-order chi connectivity index (χ1) is 9.61. The fraction of sp³-hybridized carbons (Fsp3) is 0.600. The van der Waals surface area contributed by atoms with Gasteiger partial charge in [-0.05, 0) is 44.1 Å². The summed E-state index contributed by atoms with van der Waals surface area (Å²) in [6.07, 6.45) is 2.66. The van der Waals surface area contributed by atoms with Crippen LogP contribution in [0.3, 0.4) is 0 Å². The zero-order valence-corrected chi connectivity index (χ0v) is 12.6. The van der Waals surface area contributed by atoms with Gasteiger partial charge in [-0.3, -0.25) is 9.59 Å². The number of hydrogen-bond acceptors (Lipinski definition) is 3. The van der Waals surface area contributed by atoms with Crippen LogP contribution >= 0.6 is 11.3 Å². The minimum atomic E-state index is -0.721. The van der Waals surface area contributed by atoms with Gasteiger partial charge in [0.05, 0.1) is 12.5 Å². The second-order valence-corrected chi connectivity index (χ2v) is 6.35. The first kappa shape index (κ1) is 15.0. The van der Waals surface area contributed by atoms with Gasteiger partial charge in [0.15, 0.2) is 0 Å². The monoisotopic (exact) mass is 295 g/mol. The second kappa shape index (κ2) is 6.88. The van der Waals surface area contributed by atoms with Crippen LogP contribution in [0.5, 0.6) is 0 Å². The van der Waals surface area contributed by atoms with Crippen LogP contribution in [0.2, 0.25) is 0 Å². The largest absolute Gasteiger partial charge is 0.481 e. The van der Waals surface area contributed by atoms with Gasteiger partial charge in [0.1, 0.15) is 0 Å². The van der Waals surface area contributed by atoms with Gasteiger partial charge in [-0.15, -0.1) is 11.3 Å². The van der Waals surface area contributed by atoms with Gasteiger partial charge in [-0.2, -0.15) is 0 Å². The average Bonchev–Trinajstić information content (AvgIpc) is 2.97. The quantitative estimate of drug-likeness (QED) is 0.908. The van der Waals surface area contributed by atoms with Crippen molar-refractivity contribution in [3.05, 3.63) is 22.4 Å². The molecular weight excluding hydrogens is 274 g/mol. The summed E-state index contributed by atoms with van der Waals surface area (Å²) in [5.41, 5.74) is 0. The molecular formula is C15H21NO3S. The summed E-state index contributed by atoms with van der Waals surface area (Å²) in [6, 6.07) is 4.04. The van der Waals surface area contributed by atoms with Crippen molar-refractivity contribution in [2.24, 2.45) is 11.8 Å². The van der Waals surface area contributed by atoms with Crippen LogP contribution in [0.25, 0.3) is 0 Å². The number of rotatable bonds is 5. The molecule has 1 amide bonds. The third kappa shape index (κ3) is 3.60. The van der Waals surface area contributed by atoms with E-state index in [0.717, 1.165) is 0 Å². The molecule has 0 unspecified atom stereocenters. The Kier molecular flexibility index (Phi) is 5.17. The lowest BCUT2D eigenvalue weighted by Crippen LogP contribution is -2.37. The summed E-state index contributed by atoms with van der Waals surface area (Å²) >= 11 is 1.66. The number of aliphatic carboxylic acids is 1. The predicted molar refractivity (Wildman–Crippen MR) is 78.5 cm³/mol. The smallest absolute Gasteiger partial charge is 0.306 e. The van der Waals surface area contributed by atoms with Crippen molar-refractivity contribution in [3.63, 3.8) is 0 Å². The molecule has 110 valence electrons. The number of nitrogens with zero attached hydrogens (tertiary/aromatic N) is 1. The molecule has 20 heavy (non-hydrogen) atoms. The topological polar surface area (TPSA) is 57.6 Å². The average molecular weight is 295 g/mol. The van der Waals surface area contributed by atoms with E-state index in [2.05, 4.69) is 0 Å². The Hall–Kier alpha value is -1.36. The standard InChI is InChI=1S/C15H21NO3S/c1-2-16(10-13-4-3-9-20-13)14(17)11-5-7-12(8-6-11)15(18)19/h3-4,9,11-12H,2,5-8,10H2,1H3,(H,18,19). The minimum Gasteiger partial charge on any atom is -0.481 e. The molecule has 0 spiro atoms. The van der Waals surface area contributed by atoms with Gasteiger partial charge >= 0.3 is 5.97 Å². The molecule has 0 aliphatic heterocycles. The third-order valence-electron chi connectivity index (χ3n) is 4.05. The minimum absolute atomic E-state index is 0.00510. The highest BCUT2D eigenvalue weighted by Crippen LogP contribution is 2.30. The van der Waals surface area contributed by atoms with Crippen molar-refractivity contribution in [3.8, 4) is 0 Å². The summed E-state index contributed by atoms with van der Waals surface area (Å²) in [5.74, 6) is -0.788. The number of hydrogen-bond donors (Lipinski definition) is 1. The number of carboxylic acids is 1. The lowest BCUT2D eigenvalue weighted by Gasteiger charge is -2.30. The van der Waals surface area contributed by atoms with Gasteiger partial charge in [0, 0.05) is 17.3 Å². The number of carbonyl (C=O) groups excluding carboxylic acids is 1. The molecule has 5 heteroatoms. The highest BCUT2D eigenvalue weighted by molar-refractivity contribution is 7.09. The van der Waals surface area contributed by atoms with Crippen molar-refractivity contribution in [2.75, 3.05) is 6.54 Å². The Labute approximate surface area is 123 Å². The maximum atomic E-state index is 12.5. The summed E-state index contributed by atoms with van der Waals surface area (Å²) in [4.78, 5) is 26.5. The number of amides is 1. The molecule has 1 aliphatic rings. The van der Waals surface area contributed by atoms with E-state index in [9.17, 15) is 9.59 Å². The van der Waals surface area contributed by atoms with E-state index in [-0.39, 0.29) is 17.7 Å². The number of thiophene rings is 1. The maximum Gasteiger partial charge on any atom is 0.306 e. The van der Waals surface area contributed by atoms with Gasteiger partial charge in [0.2, 0.25) is 5.91 Å². The van der Waals surface area contributed by atoms with Gasteiger partial charge in [0.25, 0.3) is 0 Å². The fourth-order valence-corrected chi connectivity index (χ4v) is 3.50. The molecule has 4 nitrogen and oxygen atoms in total. The van der Waals surface area contributed by atoms with E-state index in [1.165, 1.54) is 4.88 Å². The van der Waals surface area contributed by atoms with Gasteiger partial charge < -0.3 is 10.0 Å². The molecule has 1 aromatic heterocycles. The molecule has 0 bridgehead atoms. The SMILES string of the molecule is CCN(Cc1cccs1)C(=O)C1CCC(C(=O)O)CC1. The van der Waals surface area contributed by atoms with E-state index in [1.54, 1.807) is 11.3 Å². The Balaban J connectivity index is 1.91. The molecule has 1 heterocycles. The molecule has 0 radical (unpaired) electrons. The van der Waals surface area contributed by atoms with E-state index in [0.29, 0.717) is 38.8 Å². The second-order valence-electron chi connectivity index (χ2n) is 5.32. The highest BCUT2D eigenvalue weighted by atomic mass is 32.1. The fourth-order valence-electron chi connectivity index (χ4n) is 2.78. The van der Waals surface area contributed by atoms with E-state index >= 15 is 0 Å². The molecule has 0 aromatic carbocycles. The zero-order valence-electron chi connectivity index (χ0n) is 11.7. The van der Waals surface area contributed by atoms with Crippen LogP contribution < -0.4 is 0 Å². The molecule has 1 aliphatic carbocycles. The first-order valence-corrected chi connectivity index (χ1v) is 8.03. The summed E-state index contributed by atoms with van der Waals surface area (Å²) in [5, 5.41) is 11.0. The van der Waals surface area contributed by atoms with Gasteiger partial charge in [-0.1, -0.05) is 6.07 Å². The lowest BCUT2D eigenvalue weighted by atomic mass is 9.81. The molecule has 0 atom stereocenters. The predicted octanol–water partition coefficient (Wildman–Crippen LogP) is 2.99. The molecule has 1 aromatic rings. The van der Waals surface area contributed by atoms with Crippen LogP contribution in [0.1, 0.15) is 37.5 Å². The highest BCUT2D eigenvalue weighted by Gasteiger charge is 2.31. The van der Waals surface area contributed by atoms with Crippen molar-refractivity contribution in [1.82, 2.24) is 4.90 Å². The molecule has 1 N–H and O–H groups in total. The van der Waals surface area contributed by atoms with Crippen molar-refractivity contribution < 1.29 is 14.7 Å². The maximum absolute atomic E-state index is 12.5. The van der Waals surface area contributed by atoms with E-state index in [4.69, 9.17) is 5.11 Å². The van der Waals surface area contributed by atoms with E-state index in [1.807, 2.05) is 29.3 Å². The van der Waals surface area contributed by atoms with Crippen LogP contribution in [0, 0.1) is 11.8 Å². The summed E-state index contributed by atoms with van der Waals surface area (Å²) in [6.45, 7) is 3.37.